The van der Waals surface area contributed by atoms with Crippen LogP contribution in [0.4, 0.5) is 4.39 Å². The lowest BCUT2D eigenvalue weighted by molar-refractivity contribution is 0.302. The molecule has 0 bridgehead atoms. The van der Waals surface area contributed by atoms with Gasteiger partial charge < -0.3 is 10.1 Å². The maximum Gasteiger partial charge on any atom is 0.123 e. The summed E-state index contributed by atoms with van der Waals surface area (Å²) in [5.41, 5.74) is 4.23. The average molecular weight is 287 g/mol. The Morgan fingerprint density at radius 3 is 2.52 bits per heavy atom. The Hall–Kier alpha value is -1.87. The van der Waals surface area contributed by atoms with Crippen LogP contribution in [0, 0.1) is 19.7 Å². The van der Waals surface area contributed by atoms with Gasteiger partial charge in [-0.1, -0.05) is 18.2 Å². The van der Waals surface area contributed by atoms with Crippen LogP contribution in [0.1, 0.15) is 35.2 Å². The van der Waals surface area contributed by atoms with E-state index in [4.69, 9.17) is 4.74 Å². The monoisotopic (exact) mass is 287 g/mol. The molecule has 1 unspecified atom stereocenters. The predicted molar refractivity (Wildman–Crippen MR) is 84.1 cm³/mol. The first-order valence-electron chi connectivity index (χ1n) is 7.17. The summed E-state index contributed by atoms with van der Waals surface area (Å²) in [6.07, 6.45) is 0. The SMILES string of the molecule is CNC(C)c1ccc(OCc2cc(F)ccc2C)c(C)c1. The Kier molecular flexibility index (Phi) is 4.97. The minimum Gasteiger partial charge on any atom is -0.489 e. The zero-order valence-corrected chi connectivity index (χ0v) is 13.0. The maximum absolute atomic E-state index is 13.3. The Labute approximate surface area is 126 Å². The standard InChI is InChI=1S/C18H22FNO/c1-12-5-7-17(19)10-16(12)11-21-18-8-6-15(9-13(18)2)14(3)20-4/h5-10,14,20H,11H2,1-4H3. The highest BCUT2D eigenvalue weighted by atomic mass is 19.1. The molecule has 21 heavy (non-hydrogen) atoms. The number of hydrogen-bond acceptors (Lipinski definition) is 2. The smallest absolute Gasteiger partial charge is 0.123 e. The van der Waals surface area contributed by atoms with Crippen LogP contribution in [0.15, 0.2) is 36.4 Å². The van der Waals surface area contributed by atoms with Gasteiger partial charge in [0.25, 0.3) is 0 Å². The number of halogens is 1. The van der Waals surface area contributed by atoms with Gasteiger partial charge in [0.15, 0.2) is 0 Å². The molecule has 0 aromatic heterocycles. The van der Waals surface area contributed by atoms with Crippen LogP contribution < -0.4 is 10.1 Å². The molecule has 0 aliphatic rings. The number of nitrogens with one attached hydrogen (secondary N) is 1. The van der Waals surface area contributed by atoms with Crippen LogP contribution in [0.2, 0.25) is 0 Å². The molecule has 1 N–H and O–H groups in total. The van der Waals surface area contributed by atoms with E-state index in [0.717, 1.165) is 22.4 Å². The topological polar surface area (TPSA) is 21.3 Å². The van der Waals surface area contributed by atoms with Crippen LogP contribution >= 0.6 is 0 Å². The zero-order chi connectivity index (χ0) is 15.4. The fourth-order valence-electron chi connectivity index (χ4n) is 2.22. The molecule has 0 aliphatic heterocycles. The fraction of sp³-hybridized carbons (Fsp3) is 0.333. The van der Waals surface area contributed by atoms with Crippen LogP contribution in [0.25, 0.3) is 0 Å². The molecule has 0 radical (unpaired) electrons. The van der Waals surface area contributed by atoms with Crippen LogP contribution in [-0.2, 0) is 6.61 Å². The van der Waals surface area contributed by atoms with Crippen molar-refractivity contribution in [1.82, 2.24) is 5.32 Å². The summed E-state index contributed by atoms with van der Waals surface area (Å²) in [4.78, 5) is 0. The van der Waals surface area contributed by atoms with Crippen LogP contribution in [-0.4, -0.2) is 7.05 Å². The highest BCUT2D eigenvalue weighted by Crippen LogP contribution is 2.24. The highest BCUT2D eigenvalue weighted by molar-refractivity contribution is 5.38. The minimum atomic E-state index is -0.228. The number of rotatable bonds is 5. The van der Waals surface area contributed by atoms with Gasteiger partial charge in [-0.25, -0.2) is 4.39 Å². The van der Waals surface area contributed by atoms with Crippen molar-refractivity contribution in [2.45, 2.75) is 33.4 Å². The van der Waals surface area contributed by atoms with E-state index in [9.17, 15) is 4.39 Å². The highest BCUT2D eigenvalue weighted by Gasteiger charge is 2.07. The first kappa shape index (κ1) is 15.5. The average Bonchev–Trinajstić information content (AvgIpc) is 2.48. The fourth-order valence-corrected chi connectivity index (χ4v) is 2.22. The Morgan fingerprint density at radius 2 is 1.86 bits per heavy atom. The summed E-state index contributed by atoms with van der Waals surface area (Å²) in [6, 6.07) is 11.2. The lowest BCUT2D eigenvalue weighted by Gasteiger charge is -2.15. The Balaban J connectivity index is 2.11. The van der Waals surface area contributed by atoms with E-state index in [-0.39, 0.29) is 5.82 Å². The summed E-state index contributed by atoms with van der Waals surface area (Å²) in [6.45, 7) is 6.49. The van der Waals surface area contributed by atoms with Gasteiger partial charge in [0.05, 0.1) is 0 Å². The third-order valence-electron chi connectivity index (χ3n) is 3.83. The van der Waals surface area contributed by atoms with Crippen LogP contribution in [0.3, 0.4) is 0 Å². The van der Waals surface area contributed by atoms with Crippen molar-refractivity contribution in [1.29, 1.82) is 0 Å². The normalized spacial score (nSPS) is 12.2. The van der Waals surface area contributed by atoms with Gasteiger partial charge in [-0.2, -0.15) is 0 Å². The van der Waals surface area contributed by atoms with Gasteiger partial charge >= 0.3 is 0 Å². The maximum atomic E-state index is 13.3. The Bertz CT molecular complexity index is 625. The van der Waals surface area contributed by atoms with E-state index in [1.165, 1.54) is 17.7 Å². The molecule has 0 aliphatic carbocycles. The predicted octanol–water partition coefficient (Wildman–Crippen LogP) is 4.30. The van der Waals surface area contributed by atoms with Gasteiger partial charge in [-0.15, -0.1) is 0 Å². The number of hydrogen-bond donors (Lipinski definition) is 1. The van der Waals surface area contributed by atoms with E-state index in [2.05, 4.69) is 24.4 Å². The number of benzene rings is 2. The molecule has 2 aromatic rings. The molecule has 0 heterocycles. The molecule has 3 heteroatoms. The van der Waals surface area contributed by atoms with Gasteiger partial charge in [0, 0.05) is 6.04 Å². The molecular weight excluding hydrogens is 265 g/mol. The van der Waals surface area contributed by atoms with Crippen LogP contribution in [0.5, 0.6) is 5.75 Å². The third-order valence-corrected chi connectivity index (χ3v) is 3.83. The second-order valence-corrected chi connectivity index (χ2v) is 5.39. The summed E-state index contributed by atoms with van der Waals surface area (Å²) in [7, 11) is 1.94. The van der Waals surface area contributed by atoms with Crippen molar-refractivity contribution < 1.29 is 9.13 Å². The van der Waals surface area contributed by atoms with Gasteiger partial charge in [-0.05, 0) is 68.3 Å². The molecule has 0 saturated heterocycles. The van der Waals surface area contributed by atoms with E-state index < -0.39 is 0 Å². The molecule has 0 fully saturated rings. The quantitative estimate of drug-likeness (QED) is 0.885. The molecule has 0 amide bonds. The first-order valence-corrected chi connectivity index (χ1v) is 7.17. The molecule has 112 valence electrons. The van der Waals surface area contributed by atoms with Crippen molar-refractivity contribution in [3.8, 4) is 5.75 Å². The van der Waals surface area contributed by atoms with Crippen molar-refractivity contribution >= 4 is 0 Å². The first-order chi connectivity index (χ1) is 10.0. The van der Waals surface area contributed by atoms with E-state index >= 15 is 0 Å². The van der Waals surface area contributed by atoms with E-state index in [1.54, 1.807) is 6.07 Å². The zero-order valence-electron chi connectivity index (χ0n) is 13.0. The largest absolute Gasteiger partial charge is 0.489 e. The van der Waals surface area contributed by atoms with Crippen molar-refractivity contribution in [3.05, 3.63) is 64.5 Å². The number of aryl methyl sites for hydroxylation is 2. The second kappa shape index (κ2) is 6.72. The molecule has 0 spiro atoms. The van der Waals surface area contributed by atoms with Gasteiger partial charge in [-0.3, -0.25) is 0 Å². The Morgan fingerprint density at radius 1 is 1.10 bits per heavy atom. The van der Waals surface area contributed by atoms with Crippen molar-refractivity contribution in [2.24, 2.45) is 0 Å². The van der Waals surface area contributed by atoms with E-state index in [1.807, 2.05) is 27.0 Å². The van der Waals surface area contributed by atoms with Crippen molar-refractivity contribution in [2.75, 3.05) is 7.05 Å². The molecule has 0 saturated carbocycles. The molecule has 1 atom stereocenters. The molecule has 2 rings (SSSR count). The van der Waals surface area contributed by atoms with Gasteiger partial charge in [0.2, 0.25) is 0 Å². The lowest BCUT2D eigenvalue weighted by atomic mass is 10.1. The molecule has 2 aromatic carbocycles. The van der Waals surface area contributed by atoms with E-state index in [0.29, 0.717) is 12.6 Å². The minimum absolute atomic E-state index is 0.228. The lowest BCUT2D eigenvalue weighted by Crippen LogP contribution is -2.12. The summed E-state index contributed by atoms with van der Waals surface area (Å²) < 4.78 is 19.1. The molecule has 2 nitrogen and oxygen atoms in total. The molecular formula is C18H22FNO. The number of ether oxygens (including phenoxy) is 1. The second-order valence-electron chi connectivity index (χ2n) is 5.39. The summed E-state index contributed by atoms with van der Waals surface area (Å²) in [5, 5.41) is 3.22. The van der Waals surface area contributed by atoms with Gasteiger partial charge in [0.1, 0.15) is 18.2 Å². The van der Waals surface area contributed by atoms with Crippen molar-refractivity contribution in [3.63, 3.8) is 0 Å². The summed E-state index contributed by atoms with van der Waals surface area (Å²) >= 11 is 0. The third kappa shape index (κ3) is 3.82. The summed E-state index contributed by atoms with van der Waals surface area (Å²) in [5.74, 6) is 0.611.